The molecule has 0 radical (unpaired) electrons. The summed E-state index contributed by atoms with van der Waals surface area (Å²) >= 11 is 5.46. The van der Waals surface area contributed by atoms with Crippen LogP contribution in [0.15, 0.2) is 29.4 Å². The summed E-state index contributed by atoms with van der Waals surface area (Å²) in [5.74, 6) is 0.264. The van der Waals surface area contributed by atoms with Crippen LogP contribution in [0.5, 0.6) is 5.75 Å². The molecule has 2 atom stereocenters. The van der Waals surface area contributed by atoms with Gasteiger partial charge in [0, 0.05) is 0 Å². The minimum Gasteiger partial charge on any atom is -0.508 e. The summed E-state index contributed by atoms with van der Waals surface area (Å²) in [7, 11) is 1.92. The molecule has 0 saturated carbocycles. The predicted octanol–water partition coefficient (Wildman–Crippen LogP) is 3.32. The second kappa shape index (κ2) is 6.67. The van der Waals surface area contributed by atoms with Crippen molar-refractivity contribution in [3.8, 4) is 5.75 Å². The summed E-state index contributed by atoms with van der Waals surface area (Å²) in [5.41, 5.74) is 1.46. The van der Waals surface area contributed by atoms with E-state index in [4.69, 9.17) is 16.9 Å². The summed E-state index contributed by atoms with van der Waals surface area (Å²) in [6.07, 6.45) is 2.84. The average molecular weight is 269 g/mol. The number of hydrogen-bond acceptors (Lipinski definition) is 3. The summed E-state index contributed by atoms with van der Waals surface area (Å²) in [6, 6.07) is 6.93. The van der Waals surface area contributed by atoms with E-state index in [1.165, 1.54) is 0 Å². The van der Waals surface area contributed by atoms with E-state index < -0.39 is 6.85 Å². The topological polar surface area (TPSA) is 35.8 Å². The van der Waals surface area contributed by atoms with Crippen LogP contribution in [-0.2, 0) is 11.8 Å². The van der Waals surface area contributed by atoms with Crippen molar-refractivity contribution >= 4 is 24.9 Å². The zero-order chi connectivity index (χ0) is 12.8. The third kappa shape index (κ3) is 4.41. The van der Waals surface area contributed by atoms with Gasteiger partial charge in [-0.25, -0.2) is 0 Å². The zero-order valence-corrected chi connectivity index (χ0v) is 12.1. The van der Waals surface area contributed by atoms with Crippen LogP contribution in [0.1, 0.15) is 25.8 Å². The molecular weight excluding hydrogens is 251 g/mol. The summed E-state index contributed by atoms with van der Waals surface area (Å²) in [5, 5.41) is 13.5. The summed E-state index contributed by atoms with van der Waals surface area (Å²) < 4.78 is 1.87. The Bertz CT molecular complexity index is 405. The molecule has 0 aliphatic rings. The van der Waals surface area contributed by atoms with Crippen LogP contribution in [0.3, 0.4) is 0 Å². The van der Waals surface area contributed by atoms with Gasteiger partial charge in [0.15, 0.2) is 17.5 Å². The Labute approximate surface area is 109 Å². The maximum absolute atomic E-state index is 9.16. The highest BCUT2D eigenvalue weighted by atomic mass is 32.4. The Morgan fingerprint density at radius 2 is 2.06 bits per heavy atom. The molecule has 1 unspecified atom stereocenters. The normalized spacial score (nSPS) is 13.7. The molecule has 0 heterocycles. The van der Waals surface area contributed by atoms with Gasteiger partial charge in [-0.3, -0.25) is 0 Å². The van der Waals surface area contributed by atoms with E-state index in [1.54, 1.807) is 18.3 Å². The number of phenols is 1. The Kier molecular flexibility index (Phi) is 5.52. The molecule has 3 nitrogen and oxygen atoms in total. The predicted molar refractivity (Wildman–Crippen MR) is 77.5 cm³/mol. The first kappa shape index (κ1) is 14.1. The van der Waals surface area contributed by atoms with E-state index in [0.29, 0.717) is 5.66 Å². The van der Waals surface area contributed by atoms with E-state index >= 15 is 0 Å². The fourth-order valence-electron chi connectivity index (χ4n) is 1.20. The maximum atomic E-state index is 9.16. The van der Waals surface area contributed by atoms with E-state index in [1.807, 2.05) is 24.0 Å². The molecule has 92 valence electrons. The molecule has 1 aromatic rings. The number of rotatable bonds is 5. The fourth-order valence-corrected chi connectivity index (χ4v) is 2.81. The zero-order valence-electron chi connectivity index (χ0n) is 10.4. The lowest BCUT2D eigenvalue weighted by atomic mass is 10.2. The second-order valence-corrected chi connectivity index (χ2v) is 7.07. The largest absolute Gasteiger partial charge is 0.508 e. The minimum absolute atomic E-state index is 0.264. The molecule has 1 N–H and O–H groups in total. The number of phenolic OH excluding ortho intramolecular Hbond substituents is 1. The molecular formula is C12H18N2OPS+. The Morgan fingerprint density at radius 1 is 1.47 bits per heavy atom. The maximum Gasteiger partial charge on any atom is 0.313 e. The van der Waals surface area contributed by atoms with E-state index in [-0.39, 0.29) is 5.75 Å². The van der Waals surface area contributed by atoms with Crippen molar-refractivity contribution in [2.45, 2.75) is 25.9 Å². The van der Waals surface area contributed by atoms with Crippen LogP contribution in [0.2, 0.25) is 0 Å². The number of hydrogen-bond donors (Lipinski definition) is 1. The smallest absolute Gasteiger partial charge is 0.313 e. The molecule has 17 heavy (non-hydrogen) atoms. The summed E-state index contributed by atoms with van der Waals surface area (Å²) in [6.45, 7) is 3.66. The van der Waals surface area contributed by atoms with Crippen LogP contribution in [-0.4, -0.2) is 28.8 Å². The van der Waals surface area contributed by atoms with Gasteiger partial charge in [0.25, 0.3) is 0 Å². The number of benzene rings is 1. The number of nitrogens with zero attached hydrogens (tertiary/aromatic N) is 2. The minimum atomic E-state index is -0.636. The molecule has 1 aromatic carbocycles. The van der Waals surface area contributed by atoms with Crippen molar-refractivity contribution in [1.82, 2.24) is 4.78 Å². The molecule has 0 spiro atoms. The molecule has 0 saturated heterocycles. The van der Waals surface area contributed by atoms with Crippen LogP contribution in [0.4, 0.5) is 0 Å². The number of hydrazone groups is 1. The van der Waals surface area contributed by atoms with Crippen molar-refractivity contribution in [2.75, 3.05) is 7.05 Å². The second-order valence-electron chi connectivity index (χ2n) is 3.89. The van der Waals surface area contributed by atoms with Crippen molar-refractivity contribution in [3.63, 3.8) is 0 Å². The lowest BCUT2D eigenvalue weighted by Gasteiger charge is -2.06. The average Bonchev–Trinajstić information content (AvgIpc) is 2.35. The lowest BCUT2D eigenvalue weighted by Crippen LogP contribution is -2.07. The van der Waals surface area contributed by atoms with Crippen LogP contribution in [0, 0.1) is 0 Å². The van der Waals surface area contributed by atoms with E-state index in [2.05, 4.69) is 18.9 Å². The third-order valence-electron chi connectivity index (χ3n) is 2.52. The van der Waals surface area contributed by atoms with E-state index in [0.717, 1.165) is 12.0 Å². The highest BCUT2D eigenvalue weighted by molar-refractivity contribution is 8.04. The van der Waals surface area contributed by atoms with Gasteiger partial charge < -0.3 is 5.11 Å². The third-order valence-corrected chi connectivity index (χ3v) is 6.10. The van der Waals surface area contributed by atoms with Gasteiger partial charge in [0.1, 0.15) is 5.75 Å². The van der Waals surface area contributed by atoms with Crippen molar-refractivity contribution in [1.29, 1.82) is 0 Å². The molecule has 1 rings (SSSR count). The van der Waals surface area contributed by atoms with Gasteiger partial charge in [0.2, 0.25) is 0 Å². The Hall–Kier alpha value is -0.990. The van der Waals surface area contributed by atoms with Gasteiger partial charge in [-0.2, -0.15) is 0 Å². The Morgan fingerprint density at radius 3 is 2.59 bits per heavy atom. The standard InChI is InChI=1S/C12H17N2OPS/c1-4-10(2)16(17)14(3)13-9-11-5-7-12(15)8-6-11/h5-10H,4H2,1-3H3/p+1/t10-/m0/s1. The van der Waals surface area contributed by atoms with Crippen molar-refractivity contribution in [2.24, 2.45) is 5.10 Å². The highest BCUT2D eigenvalue weighted by Gasteiger charge is 2.23. The SMILES string of the molecule is CC[C@H](C)[P+](=S)N(C)/N=C/c1ccc(O)cc1. The Balaban J connectivity index is 2.64. The molecule has 0 aromatic heterocycles. The molecule has 0 aliphatic carbocycles. The van der Waals surface area contributed by atoms with E-state index in [9.17, 15) is 0 Å². The molecule has 0 fully saturated rings. The molecule has 5 heteroatoms. The quantitative estimate of drug-likeness (QED) is 0.506. The van der Waals surface area contributed by atoms with Crippen LogP contribution < -0.4 is 0 Å². The van der Waals surface area contributed by atoms with Gasteiger partial charge in [0.05, 0.1) is 13.3 Å². The van der Waals surface area contributed by atoms with Crippen molar-refractivity contribution in [3.05, 3.63) is 29.8 Å². The lowest BCUT2D eigenvalue weighted by molar-refractivity contribution is 0.475. The molecule has 0 amide bonds. The highest BCUT2D eigenvalue weighted by Crippen LogP contribution is 2.33. The van der Waals surface area contributed by atoms with Gasteiger partial charge in [-0.15, -0.1) is 9.88 Å². The van der Waals surface area contributed by atoms with Crippen LogP contribution in [0.25, 0.3) is 0 Å². The summed E-state index contributed by atoms with van der Waals surface area (Å²) in [4.78, 5) is 0. The fraction of sp³-hybridized carbons (Fsp3) is 0.417. The van der Waals surface area contributed by atoms with Gasteiger partial charge in [-0.1, -0.05) is 6.92 Å². The van der Waals surface area contributed by atoms with Crippen molar-refractivity contribution < 1.29 is 5.11 Å². The monoisotopic (exact) mass is 269 g/mol. The molecule has 0 bridgehead atoms. The van der Waals surface area contributed by atoms with Gasteiger partial charge >= 0.3 is 6.85 Å². The first-order valence-electron chi connectivity index (χ1n) is 5.57. The first-order valence-corrected chi connectivity index (χ1v) is 7.95. The van der Waals surface area contributed by atoms with Crippen LogP contribution >= 0.6 is 6.85 Å². The molecule has 0 aliphatic heterocycles. The first-order chi connectivity index (χ1) is 8.04. The van der Waals surface area contributed by atoms with Gasteiger partial charge in [-0.05, 0) is 43.2 Å². The number of aromatic hydroxyl groups is 1.